The van der Waals surface area contributed by atoms with Gasteiger partial charge in [0.05, 0.1) is 18.3 Å². The third-order valence-corrected chi connectivity index (χ3v) is 4.24. The molecule has 0 fully saturated rings. The van der Waals surface area contributed by atoms with E-state index in [1.807, 2.05) is 54.9 Å². The Morgan fingerprint density at radius 2 is 1.96 bits per heavy atom. The zero-order valence-corrected chi connectivity index (χ0v) is 15.3. The van der Waals surface area contributed by atoms with E-state index in [0.29, 0.717) is 5.16 Å². The number of nitrogens with zero attached hydrogens (tertiary/aromatic N) is 5. The highest BCUT2D eigenvalue weighted by atomic mass is 32.2. The number of amides is 1. The van der Waals surface area contributed by atoms with Crippen LogP contribution in [0.4, 0.5) is 0 Å². The van der Waals surface area contributed by atoms with Crippen molar-refractivity contribution in [3.8, 4) is 5.69 Å². The Morgan fingerprint density at radius 1 is 1.23 bits per heavy atom. The highest BCUT2D eigenvalue weighted by Gasteiger charge is 2.05. The second-order valence-electron chi connectivity index (χ2n) is 5.58. The molecule has 0 saturated carbocycles. The Balaban J connectivity index is 1.49. The molecule has 3 aromatic rings. The first-order valence-corrected chi connectivity index (χ1v) is 8.94. The molecule has 0 spiro atoms. The molecule has 2 heterocycles. The van der Waals surface area contributed by atoms with Gasteiger partial charge in [-0.15, -0.1) is 0 Å². The predicted molar refractivity (Wildman–Crippen MR) is 102 cm³/mol. The van der Waals surface area contributed by atoms with Crippen molar-refractivity contribution in [3.63, 3.8) is 0 Å². The van der Waals surface area contributed by atoms with Crippen LogP contribution in [0.25, 0.3) is 5.69 Å². The molecule has 0 aliphatic heterocycles. The second-order valence-corrected chi connectivity index (χ2v) is 6.52. The largest absolute Gasteiger partial charge is 0.306 e. The quantitative estimate of drug-likeness (QED) is 0.314. The topological polar surface area (TPSA) is 85.1 Å². The molecule has 1 amide bonds. The minimum atomic E-state index is -0.205. The SMILES string of the molecule is Cc1cc(C)nc(SCC(=O)N/N=C/c2ccc(-n3ccnc3)cc2)n1. The van der Waals surface area contributed by atoms with Crippen LogP contribution in [0, 0.1) is 13.8 Å². The monoisotopic (exact) mass is 366 g/mol. The molecule has 7 nitrogen and oxygen atoms in total. The normalized spacial score (nSPS) is 11.0. The Kier molecular flexibility index (Phi) is 5.75. The van der Waals surface area contributed by atoms with Crippen molar-refractivity contribution in [2.24, 2.45) is 5.10 Å². The number of hydrazone groups is 1. The summed E-state index contributed by atoms with van der Waals surface area (Å²) >= 11 is 1.29. The average molecular weight is 366 g/mol. The third-order valence-electron chi connectivity index (χ3n) is 3.39. The molecule has 0 aliphatic carbocycles. The summed E-state index contributed by atoms with van der Waals surface area (Å²) in [6.07, 6.45) is 6.94. The minimum absolute atomic E-state index is 0.205. The first-order chi connectivity index (χ1) is 12.6. The van der Waals surface area contributed by atoms with Gasteiger partial charge < -0.3 is 4.57 Å². The zero-order valence-electron chi connectivity index (χ0n) is 14.5. The third kappa shape index (κ3) is 5.00. The summed E-state index contributed by atoms with van der Waals surface area (Å²) < 4.78 is 1.91. The summed E-state index contributed by atoms with van der Waals surface area (Å²) in [5.74, 6) is 0.00355. The van der Waals surface area contributed by atoms with Crippen LogP contribution in [0.5, 0.6) is 0 Å². The van der Waals surface area contributed by atoms with Crippen LogP contribution in [0.3, 0.4) is 0 Å². The number of imidazole rings is 1. The molecular weight excluding hydrogens is 348 g/mol. The number of benzene rings is 1. The average Bonchev–Trinajstić information content (AvgIpc) is 3.14. The maximum absolute atomic E-state index is 11.9. The Bertz CT molecular complexity index is 886. The highest BCUT2D eigenvalue weighted by Crippen LogP contribution is 2.13. The van der Waals surface area contributed by atoms with Crippen LogP contribution < -0.4 is 5.43 Å². The van der Waals surface area contributed by atoms with Crippen LogP contribution >= 0.6 is 11.8 Å². The number of nitrogens with one attached hydrogen (secondary N) is 1. The molecule has 1 N–H and O–H groups in total. The van der Waals surface area contributed by atoms with E-state index < -0.39 is 0 Å². The molecule has 0 unspecified atom stereocenters. The molecule has 8 heteroatoms. The van der Waals surface area contributed by atoms with Gasteiger partial charge in [-0.3, -0.25) is 4.79 Å². The fourth-order valence-corrected chi connectivity index (χ4v) is 2.99. The lowest BCUT2D eigenvalue weighted by Gasteiger charge is -2.03. The predicted octanol–water partition coefficient (Wildman–Crippen LogP) is 2.52. The van der Waals surface area contributed by atoms with Crippen LogP contribution in [-0.2, 0) is 4.79 Å². The minimum Gasteiger partial charge on any atom is -0.306 e. The van der Waals surface area contributed by atoms with E-state index >= 15 is 0 Å². The molecule has 2 aromatic heterocycles. The fourth-order valence-electron chi connectivity index (χ4n) is 2.24. The van der Waals surface area contributed by atoms with Crippen LogP contribution in [0.15, 0.2) is 59.3 Å². The Hall–Kier alpha value is -3.00. The number of aryl methyl sites for hydroxylation is 2. The van der Waals surface area contributed by atoms with Crippen LogP contribution in [0.1, 0.15) is 17.0 Å². The molecule has 26 heavy (non-hydrogen) atoms. The number of thioether (sulfide) groups is 1. The molecule has 3 rings (SSSR count). The number of hydrogen-bond donors (Lipinski definition) is 1. The Labute approximate surface area is 155 Å². The molecule has 0 aliphatic rings. The summed E-state index contributed by atoms with van der Waals surface area (Å²) in [7, 11) is 0. The van der Waals surface area contributed by atoms with Gasteiger partial charge in [0.2, 0.25) is 0 Å². The number of carbonyl (C=O) groups is 1. The van der Waals surface area contributed by atoms with Crippen molar-refractivity contribution in [3.05, 3.63) is 66.0 Å². The number of carbonyl (C=O) groups excluding carboxylic acids is 1. The first kappa shape index (κ1) is 17.8. The number of hydrogen-bond acceptors (Lipinski definition) is 6. The second kappa shape index (κ2) is 8.39. The molecule has 0 radical (unpaired) electrons. The van der Waals surface area contributed by atoms with E-state index in [1.54, 1.807) is 18.7 Å². The lowest BCUT2D eigenvalue weighted by atomic mass is 10.2. The zero-order chi connectivity index (χ0) is 18.4. The van der Waals surface area contributed by atoms with Gasteiger partial charge in [0.25, 0.3) is 5.91 Å². The van der Waals surface area contributed by atoms with Gasteiger partial charge in [0.1, 0.15) is 0 Å². The summed E-state index contributed by atoms with van der Waals surface area (Å²) in [4.78, 5) is 24.5. The lowest BCUT2D eigenvalue weighted by molar-refractivity contribution is -0.118. The van der Waals surface area contributed by atoms with Gasteiger partial charge in [0, 0.05) is 29.5 Å². The summed E-state index contributed by atoms with van der Waals surface area (Å²) in [6, 6.07) is 9.65. The van der Waals surface area contributed by atoms with E-state index in [4.69, 9.17) is 0 Å². The molecule has 0 saturated heterocycles. The van der Waals surface area contributed by atoms with Crippen molar-refractivity contribution in [1.29, 1.82) is 0 Å². The standard InChI is InChI=1S/C18H18N6OS/c1-13-9-14(2)22-18(21-13)26-11-17(25)23-20-10-15-3-5-16(6-4-15)24-8-7-19-12-24/h3-10,12H,11H2,1-2H3,(H,23,25)/b20-10+. The van der Waals surface area contributed by atoms with E-state index in [2.05, 4.69) is 25.5 Å². The van der Waals surface area contributed by atoms with E-state index in [-0.39, 0.29) is 11.7 Å². The van der Waals surface area contributed by atoms with Gasteiger partial charge in [-0.2, -0.15) is 5.10 Å². The van der Waals surface area contributed by atoms with Gasteiger partial charge >= 0.3 is 0 Å². The van der Waals surface area contributed by atoms with E-state index in [1.165, 1.54) is 11.8 Å². The van der Waals surface area contributed by atoms with Crippen LogP contribution in [-0.4, -0.2) is 37.4 Å². The number of aromatic nitrogens is 4. The van der Waals surface area contributed by atoms with Crippen LogP contribution in [0.2, 0.25) is 0 Å². The van der Waals surface area contributed by atoms with Gasteiger partial charge in [-0.05, 0) is 37.6 Å². The highest BCUT2D eigenvalue weighted by molar-refractivity contribution is 7.99. The van der Waals surface area contributed by atoms with Crippen molar-refractivity contribution < 1.29 is 4.79 Å². The molecule has 132 valence electrons. The van der Waals surface area contributed by atoms with Crippen molar-refractivity contribution in [2.45, 2.75) is 19.0 Å². The molecule has 0 atom stereocenters. The molecule has 1 aromatic carbocycles. The fraction of sp³-hybridized carbons (Fsp3) is 0.167. The van der Waals surface area contributed by atoms with E-state index in [0.717, 1.165) is 22.6 Å². The van der Waals surface area contributed by atoms with Gasteiger partial charge in [-0.1, -0.05) is 23.9 Å². The maximum Gasteiger partial charge on any atom is 0.250 e. The van der Waals surface area contributed by atoms with Gasteiger partial charge in [-0.25, -0.2) is 20.4 Å². The first-order valence-electron chi connectivity index (χ1n) is 7.95. The summed E-state index contributed by atoms with van der Waals surface area (Å²) in [5, 5.41) is 4.58. The molecule has 0 bridgehead atoms. The van der Waals surface area contributed by atoms with Crippen molar-refractivity contribution >= 4 is 23.9 Å². The van der Waals surface area contributed by atoms with Gasteiger partial charge in [0.15, 0.2) is 5.16 Å². The smallest absolute Gasteiger partial charge is 0.250 e. The van der Waals surface area contributed by atoms with Crippen molar-refractivity contribution in [2.75, 3.05) is 5.75 Å². The maximum atomic E-state index is 11.9. The molecular formula is C18H18N6OS. The lowest BCUT2D eigenvalue weighted by Crippen LogP contribution is -2.19. The summed E-state index contributed by atoms with van der Waals surface area (Å²) in [6.45, 7) is 3.81. The Morgan fingerprint density at radius 3 is 2.62 bits per heavy atom. The number of rotatable bonds is 6. The summed E-state index contributed by atoms with van der Waals surface area (Å²) in [5.41, 5.74) is 6.18. The van der Waals surface area contributed by atoms with Crippen molar-refractivity contribution in [1.82, 2.24) is 24.9 Å². The van der Waals surface area contributed by atoms with E-state index in [9.17, 15) is 4.79 Å².